The fraction of sp³-hybridized carbons (Fsp3) is 0.714. The van der Waals surface area contributed by atoms with Gasteiger partial charge in [0.15, 0.2) is 0 Å². The van der Waals surface area contributed by atoms with Gasteiger partial charge < -0.3 is 31.9 Å². The normalized spacial score (nSPS) is 15.6. The first-order valence-corrected chi connectivity index (χ1v) is 8.29. The Balaban J connectivity index is 4.68. The van der Waals surface area contributed by atoms with Crippen LogP contribution in [0.5, 0.6) is 0 Å². The molecule has 11 heteroatoms. The molecule has 0 rings (SSSR count). The number of aliphatic hydroxyl groups excluding tert-OH is 1. The molecule has 4 unspecified atom stereocenters. The van der Waals surface area contributed by atoms with Crippen LogP contribution in [0.1, 0.15) is 20.8 Å². The van der Waals surface area contributed by atoms with E-state index < -0.39 is 54.5 Å². The predicted molar refractivity (Wildman–Crippen MR) is 92.9 cm³/mol. The number of carbonyl (C=O) groups is 4. The molecule has 7 N–H and O–H groups in total. The smallest absolute Gasteiger partial charge is 0.327 e. The lowest BCUT2D eigenvalue weighted by Gasteiger charge is -2.24. The molecule has 0 saturated heterocycles. The zero-order valence-electron chi connectivity index (χ0n) is 14.4. The Labute approximate surface area is 151 Å². The van der Waals surface area contributed by atoms with Gasteiger partial charge in [-0.2, -0.15) is 12.6 Å². The van der Waals surface area contributed by atoms with E-state index in [1.165, 1.54) is 6.92 Å². The lowest BCUT2D eigenvalue weighted by Crippen LogP contribution is -2.57. The van der Waals surface area contributed by atoms with Crippen molar-refractivity contribution in [3.63, 3.8) is 0 Å². The molecule has 0 aromatic heterocycles. The molecular weight excluding hydrogens is 352 g/mol. The van der Waals surface area contributed by atoms with Crippen LogP contribution in [0.2, 0.25) is 0 Å². The minimum absolute atomic E-state index is 0.117. The maximum absolute atomic E-state index is 12.1. The molecule has 10 nitrogen and oxygen atoms in total. The first kappa shape index (κ1) is 23.1. The van der Waals surface area contributed by atoms with Crippen LogP contribution in [0.4, 0.5) is 0 Å². The summed E-state index contributed by atoms with van der Waals surface area (Å²) in [7, 11) is 0. The molecule has 0 bridgehead atoms. The van der Waals surface area contributed by atoms with Gasteiger partial charge in [0.05, 0.1) is 18.7 Å². The monoisotopic (exact) mass is 378 g/mol. The molecule has 0 radical (unpaired) electrons. The van der Waals surface area contributed by atoms with Gasteiger partial charge in [0.2, 0.25) is 17.7 Å². The van der Waals surface area contributed by atoms with Crippen molar-refractivity contribution in [2.75, 3.05) is 12.3 Å². The number of carboxylic acids is 1. The summed E-state index contributed by atoms with van der Waals surface area (Å²) in [6, 6.07) is -3.35. The van der Waals surface area contributed by atoms with Gasteiger partial charge in [0.25, 0.3) is 0 Å². The molecule has 3 amide bonds. The molecule has 0 heterocycles. The number of thiol groups is 1. The van der Waals surface area contributed by atoms with Gasteiger partial charge in [-0.3, -0.25) is 14.4 Å². The van der Waals surface area contributed by atoms with E-state index in [2.05, 4.69) is 28.6 Å². The second-order valence-electron chi connectivity index (χ2n) is 5.86. The van der Waals surface area contributed by atoms with E-state index in [0.29, 0.717) is 0 Å². The second-order valence-corrected chi connectivity index (χ2v) is 6.22. The summed E-state index contributed by atoms with van der Waals surface area (Å²) < 4.78 is 0. The summed E-state index contributed by atoms with van der Waals surface area (Å²) in [6.45, 7) is 4.23. The van der Waals surface area contributed by atoms with Crippen molar-refractivity contribution in [2.24, 2.45) is 11.7 Å². The Morgan fingerprint density at radius 1 is 1.08 bits per heavy atom. The standard InChI is InChI=1S/C14H26N4O6S/c1-6(2)10(15)12(21)18-11(7(3)19)13(22)16-4-9(20)17-8(5-25)14(23)24/h6-8,10-11,19,25H,4-5,15H2,1-3H3,(H,16,22)(H,17,20)(H,18,21)(H,23,24). The summed E-state index contributed by atoms with van der Waals surface area (Å²) in [4.78, 5) is 46.4. The lowest BCUT2D eigenvalue weighted by molar-refractivity contribution is -0.141. The summed E-state index contributed by atoms with van der Waals surface area (Å²) in [5.74, 6) is -3.70. The Morgan fingerprint density at radius 2 is 1.64 bits per heavy atom. The molecule has 25 heavy (non-hydrogen) atoms. The third kappa shape index (κ3) is 8.18. The van der Waals surface area contributed by atoms with Crippen LogP contribution in [0, 0.1) is 5.92 Å². The largest absolute Gasteiger partial charge is 0.480 e. The van der Waals surface area contributed by atoms with Crippen LogP contribution in [0.25, 0.3) is 0 Å². The van der Waals surface area contributed by atoms with Gasteiger partial charge in [-0.1, -0.05) is 13.8 Å². The van der Waals surface area contributed by atoms with Gasteiger partial charge in [0, 0.05) is 5.75 Å². The molecule has 0 spiro atoms. The van der Waals surface area contributed by atoms with Crippen LogP contribution in [-0.4, -0.2) is 70.4 Å². The number of aliphatic hydroxyl groups is 1. The number of carboxylic acid groups (broad SMARTS) is 1. The molecule has 0 aliphatic carbocycles. The molecular formula is C14H26N4O6S. The molecule has 0 aromatic rings. The highest BCUT2D eigenvalue weighted by molar-refractivity contribution is 7.80. The number of carbonyl (C=O) groups excluding carboxylic acids is 3. The summed E-state index contributed by atoms with van der Waals surface area (Å²) >= 11 is 3.80. The van der Waals surface area contributed by atoms with Crippen molar-refractivity contribution in [1.82, 2.24) is 16.0 Å². The van der Waals surface area contributed by atoms with Gasteiger partial charge in [-0.15, -0.1) is 0 Å². The molecule has 0 aromatic carbocycles. The van der Waals surface area contributed by atoms with Crippen molar-refractivity contribution in [2.45, 2.75) is 45.0 Å². The average Bonchev–Trinajstić information content (AvgIpc) is 2.53. The minimum atomic E-state index is -1.30. The van der Waals surface area contributed by atoms with Crippen molar-refractivity contribution in [1.29, 1.82) is 0 Å². The van der Waals surface area contributed by atoms with E-state index in [0.717, 1.165) is 0 Å². The first-order valence-electron chi connectivity index (χ1n) is 7.66. The number of hydrogen-bond donors (Lipinski definition) is 7. The van der Waals surface area contributed by atoms with Crippen molar-refractivity contribution < 1.29 is 29.4 Å². The minimum Gasteiger partial charge on any atom is -0.480 e. The van der Waals surface area contributed by atoms with Crippen LogP contribution in [0.15, 0.2) is 0 Å². The van der Waals surface area contributed by atoms with E-state index in [1.54, 1.807) is 13.8 Å². The number of amides is 3. The Morgan fingerprint density at radius 3 is 2.04 bits per heavy atom. The topological polar surface area (TPSA) is 171 Å². The molecule has 0 aliphatic rings. The summed E-state index contributed by atoms with van der Waals surface area (Å²) in [5.41, 5.74) is 5.68. The zero-order valence-corrected chi connectivity index (χ0v) is 15.2. The molecule has 144 valence electrons. The first-order chi connectivity index (χ1) is 11.5. The van der Waals surface area contributed by atoms with Crippen LogP contribution < -0.4 is 21.7 Å². The number of nitrogens with one attached hydrogen (secondary N) is 3. The highest BCUT2D eigenvalue weighted by Gasteiger charge is 2.29. The maximum atomic E-state index is 12.1. The quantitative estimate of drug-likeness (QED) is 0.205. The second kappa shape index (κ2) is 10.9. The summed E-state index contributed by atoms with van der Waals surface area (Å²) in [5, 5.41) is 25.2. The highest BCUT2D eigenvalue weighted by atomic mass is 32.1. The highest BCUT2D eigenvalue weighted by Crippen LogP contribution is 2.01. The van der Waals surface area contributed by atoms with Crippen molar-refractivity contribution in [3.05, 3.63) is 0 Å². The maximum Gasteiger partial charge on any atom is 0.327 e. The SMILES string of the molecule is CC(C)C(N)C(=O)NC(C(=O)NCC(=O)NC(CS)C(=O)O)C(C)O. The van der Waals surface area contributed by atoms with E-state index >= 15 is 0 Å². The zero-order chi connectivity index (χ0) is 19.7. The molecule has 0 aliphatic heterocycles. The lowest BCUT2D eigenvalue weighted by atomic mass is 10.0. The summed E-state index contributed by atoms with van der Waals surface area (Å²) in [6.07, 6.45) is -1.23. The third-order valence-corrected chi connectivity index (χ3v) is 3.69. The number of aliphatic carboxylic acids is 1. The average molecular weight is 378 g/mol. The Hall–Kier alpha value is -1.85. The van der Waals surface area contributed by atoms with Gasteiger partial charge in [-0.05, 0) is 12.8 Å². The molecule has 0 saturated carbocycles. The number of nitrogens with two attached hydrogens (primary N) is 1. The Kier molecular flexibility index (Phi) is 10.1. The van der Waals surface area contributed by atoms with Gasteiger partial charge in [0.1, 0.15) is 12.1 Å². The molecule has 0 fully saturated rings. The van der Waals surface area contributed by atoms with Crippen LogP contribution in [0.3, 0.4) is 0 Å². The fourth-order valence-corrected chi connectivity index (χ4v) is 1.91. The van der Waals surface area contributed by atoms with Gasteiger partial charge >= 0.3 is 5.97 Å². The predicted octanol–water partition coefficient (Wildman–Crippen LogP) is -2.55. The van der Waals surface area contributed by atoms with E-state index in [-0.39, 0.29) is 11.7 Å². The third-order valence-electron chi connectivity index (χ3n) is 3.32. The van der Waals surface area contributed by atoms with Crippen LogP contribution >= 0.6 is 12.6 Å². The number of hydrogen-bond acceptors (Lipinski definition) is 7. The van der Waals surface area contributed by atoms with Crippen molar-refractivity contribution >= 4 is 36.3 Å². The van der Waals surface area contributed by atoms with Crippen LogP contribution in [-0.2, 0) is 19.2 Å². The van der Waals surface area contributed by atoms with Gasteiger partial charge in [-0.25, -0.2) is 4.79 Å². The Bertz CT molecular complexity index is 500. The van der Waals surface area contributed by atoms with Crippen molar-refractivity contribution in [3.8, 4) is 0 Å². The van der Waals surface area contributed by atoms with E-state index in [4.69, 9.17) is 10.8 Å². The number of rotatable bonds is 10. The van der Waals surface area contributed by atoms with E-state index in [1.807, 2.05) is 0 Å². The van der Waals surface area contributed by atoms with E-state index in [9.17, 15) is 24.3 Å². The fourth-order valence-electron chi connectivity index (χ4n) is 1.67. The molecule has 4 atom stereocenters.